The van der Waals surface area contributed by atoms with Crippen LogP contribution < -0.4 is 0 Å². The van der Waals surface area contributed by atoms with Gasteiger partial charge >= 0.3 is 0 Å². The SMILES string of the molecule is ClC(c1ccc(Br)s1)c1cccc2ccccc12. The molecule has 90 valence electrons. The molecule has 18 heavy (non-hydrogen) atoms. The lowest BCUT2D eigenvalue weighted by atomic mass is 10.0. The molecule has 0 saturated heterocycles. The molecule has 3 aromatic rings. The van der Waals surface area contributed by atoms with Crippen molar-refractivity contribution in [1.82, 2.24) is 0 Å². The summed E-state index contributed by atoms with van der Waals surface area (Å²) in [7, 11) is 0. The molecule has 0 aliphatic heterocycles. The molecule has 0 nitrogen and oxygen atoms in total. The van der Waals surface area contributed by atoms with E-state index >= 15 is 0 Å². The minimum Gasteiger partial charge on any atom is -0.131 e. The van der Waals surface area contributed by atoms with E-state index < -0.39 is 0 Å². The van der Waals surface area contributed by atoms with Crippen LogP contribution in [0.2, 0.25) is 0 Å². The van der Waals surface area contributed by atoms with E-state index in [1.165, 1.54) is 21.2 Å². The van der Waals surface area contributed by atoms with Crippen molar-refractivity contribution in [2.45, 2.75) is 5.38 Å². The van der Waals surface area contributed by atoms with Crippen molar-refractivity contribution in [2.24, 2.45) is 0 Å². The normalized spacial score (nSPS) is 12.8. The van der Waals surface area contributed by atoms with Crippen LogP contribution in [0.1, 0.15) is 15.8 Å². The van der Waals surface area contributed by atoms with E-state index in [1.807, 2.05) is 6.07 Å². The second-order valence-electron chi connectivity index (χ2n) is 4.07. The number of hydrogen-bond acceptors (Lipinski definition) is 1. The van der Waals surface area contributed by atoms with Crippen LogP contribution in [0.5, 0.6) is 0 Å². The Balaban J connectivity index is 2.14. The van der Waals surface area contributed by atoms with Gasteiger partial charge in [0.2, 0.25) is 0 Å². The minimum atomic E-state index is -0.0904. The van der Waals surface area contributed by atoms with Gasteiger partial charge in [0.1, 0.15) is 0 Å². The van der Waals surface area contributed by atoms with Gasteiger partial charge in [-0.15, -0.1) is 22.9 Å². The molecule has 0 spiro atoms. The Labute approximate surface area is 123 Å². The lowest BCUT2D eigenvalue weighted by Crippen LogP contribution is -1.91. The molecule has 0 radical (unpaired) electrons. The summed E-state index contributed by atoms with van der Waals surface area (Å²) in [6.07, 6.45) is 0. The van der Waals surface area contributed by atoms with Crippen LogP contribution in [-0.2, 0) is 0 Å². The van der Waals surface area contributed by atoms with E-state index in [9.17, 15) is 0 Å². The Bertz CT molecular complexity index is 684. The Kier molecular flexibility index (Phi) is 3.42. The molecule has 0 aliphatic rings. The summed E-state index contributed by atoms with van der Waals surface area (Å²) in [4.78, 5) is 1.17. The monoisotopic (exact) mass is 336 g/mol. The highest BCUT2D eigenvalue weighted by Gasteiger charge is 2.15. The van der Waals surface area contributed by atoms with Gasteiger partial charge in [0, 0.05) is 4.88 Å². The molecule has 0 N–H and O–H groups in total. The topological polar surface area (TPSA) is 0 Å². The highest BCUT2D eigenvalue weighted by atomic mass is 79.9. The van der Waals surface area contributed by atoms with E-state index in [0.717, 1.165) is 3.79 Å². The molecular weight excluding hydrogens is 328 g/mol. The summed E-state index contributed by atoms with van der Waals surface area (Å²) in [6.45, 7) is 0. The Hall–Kier alpha value is -0.830. The van der Waals surface area contributed by atoms with Crippen molar-refractivity contribution >= 4 is 49.6 Å². The lowest BCUT2D eigenvalue weighted by Gasteiger charge is -2.11. The molecule has 1 atom stereocenters. The van der Waals surface area contributed by atoms with Crippen LogP contribution in [0.25, 0.3) is 10.8 Å². The Morgan fingerprint density at radius 1 is 0.944 bits per heavy atom. The molecule has 0 bridgehead atoms. The third-order valence-corrected chi connectivity index (χ3v) is 5.23. The number of halogens is 2. The molecule has 0 fully saturated rings. The molecular formula is C15H10BrClS. The average molecular weight is 338 g/mol. The zero-order valence-electron chi connectivity index (χ0n) is 9.44. The standard InChI is InChI=1S/C15H10BrClS/c16-14-9-8-13(18-14)15(17)12-7-3-5-10-4-1-2-6-11(10)12/h1-9,15H. The summed E-state index contributed by atoms with van der Waals surface area (Å²) in [5.41, 5.74) is 1.17. The van der Waals surface area contributed by atoms with Gasteiger partial charge in [0.15, 0.2) is 0 Å². The van der Waals surface area contributed by atoms with Crippen LogP contribution in [0.15, 0.2) is 58.4 Å². The maximum absolute atomic E-state index is 6.61. The lowest BCUT2D eigenvalue weighted by molar-refractivity contribution is 1.21. The fourth-order valence-corrected chi connectivity index (χ4v) is 3.91. The second kappa shape index (κ2) is 5.04. The summed E-state index contributed by atoms with van der Waals surface area (Å²) in [5, 5.41) is 2.37. The molecule has 0 aliphatic carbocycles. The molecule has 1 aromatic heterocycles. The molecule has 0 amide bonds. The first-order valence-electron chi connectivity index (χ1n) is 5.62. The van der Waals surface area contributed by atoms with Gasteiger partial charge in [-0.25, -0.2) is 0 Å². The molecule has 1 unspecified atom stereocenters. The maximum atomic E-state index is 6.61. The largest absolute Gasteiger partial charge is 0.131 e. The molecule has 3 rings (SSSR count). The van der Waals surface area contributed by atoms with Gasteiger partial charge in [-0.05, 0) is 44.4 Å². The molecule has 2 aromatic carbocycles. The van der Waals surface area contributed by atoms with Crippen molar-refractivity contribution in [3.05, 3.63) is 68.8 Å². The van der Waals surface area contributed by atoms with Gasteiger partial charge in [-0.3, -0.25) is 0 Å². The minimum absolute atomic E-state index is 0.0904. The van der Waals surface area contributed by atoms with Crippen molar-refractivity contribution in [3.63, 3.8) is 0 Å². The Morgan fingerprint density at radius 2 is 1.72 bits per heavy atom. The van der Waals surface area contributed by atoms with Crippen LogP contribution in [-0.4, -0.2) is 0 Å². The fraction of sp³-hybridized carbons (Fsp3) is 0.0667. The zero-order valence-corrected chi connectivity index (χ0v) is 12.6. The van der Waals surface area contributed by atoms with Crippen LogP contribution >= 0.6 is 38.9 Å². The molecule has 1 heterocycles. The summed E-state index contributed by atoms with van der Waals surface area (Å²) in [5.74, 6) is 0. The number of alkyl halides is 1. The average Bonchev–Trinajstić information content (AvgIpc) is 2.84. The third kappa shape index (κ3) is 2.20. The number of thiophene rings is 1. The first-order valence-corrected chi connectivity index (χ1v) is 7.67. The smallest absolute Gasteiger partial charge is 0.0934 e. The van der Waals surface area contributed by atoms with Gasteiger partial charge in [0.05, 0.1) is 9.16 Å². The van der Waals surface area contributed by atoms with E-state index in [2.05, 4.69) is 64.5 Å². The predicted molar refractivity (Wildman–Crippen MR) is 83.7 cm³/mol. The molecule has 0 saturated carbocycles. The van der Waals surface area contributed by atoms with Gasteiger partial charge in [0.25, 0.3) is 0 Å². The first-order chi connectivity index (χ1) is 8.75. The van der Waals surface area contributed by atoms with E-state index in [4.69, 9.17) is 11.6 Å². The maximum Gasteiger partial charge on any atom is 0.0934 e. The predicted octanol–water partition coefficient (Wildman–Crippen LogP) is 5.99. The van der Waals surface area contributed by atoms with E-state index in [-0.39, 0.29) is 5.38 Å². The van der Waals surface area contributed by atoms with Crippen LogP contribution in [0.3, 0.4) is 0 Å². The highest BCUT2D eigenvalue weighted by molar-refractivity contribution is 9.11. The number of benzene rings is 2. The fourth-order valence-electron chi connectivity index (χ4n) is 2.09. The molecule has 3 heteroatoms. The van der Waals surface area contributed by atoms with Crippen molar-refractivity contribution in [3.8, 4) is 0 Å². The zero-order chi connectivity index (χ0) is 12.5. The highest BCUT2D eigenvalue weighted by Crippen LogP contribution is 2.38. The quantitative estimate of drug-likeness (QED) is 0.504. The second-order valence-corrected chi connectivity index (χ2v) is 7.00. The summed E-state index contributed by atoms with van der Waals surface area (Å²) in [6, 6.07) is 18.8. The third-order valence-electron chi connectivity index (χ3n) is 2.94. The Morgan fingerprint density at radius 3 is 2.50 bits per heavy atom. The summed E-state index contributed by atoms with van der Waals surface area (Å²) >= 11 is 11.8. The van der Waals surface area contributed by atoms with Crippen LogP contribution in [0, 0.1) is 0 Å². The summed E-state index contributed by atoms with van der Waals surface area (Å²) < 4.78 is 1.11. The number of hydrogen-bond donors (Lipinski definition) is 0. The van der Waals surface area contributed by atoms with Crippen LogP contribution in [0.4, 0.5) is 0 Å². The van der Waals surface area contributed by atoms with Gasteiger partial charge in [-0.2, -0.15) is 0 Å². The van der Waals surface area contributed by atoms with Gasteiger partial charge in [-0.1, -0.05) is 42.5 Å². The van der Waals surface area contributed by atoms with Gasteiger partial charge < -0.3 is 0 Å². The van der Waals surface area contributed by atoms with Crippen molar-refractivity contribution in [2.75, 3.05) is 0 Å². The number of fused-ring (bicyclic) bond motifs is 1. The first kappa shape index (κ1) is 12.2. The van der Waals surface area contributed by atoms with E-state index in [0.29, 0.717) is 0 Å². The van der Waals surface area contributed by atoms with Crippen molar-refractivity contribution in [1.29, 1.82) is 0 Å². The van der Waals surface area contributed by atoms with E-state index in [1.54, 1.807) is 11.3 Å². The number of rotatable bonds is 2. The van der Waals surface area contributed by atoms with Crippen molar-refractivity contribution < 1.29 is 0 Å².